The molecule has 0 bridgehead atoms. The SMILES string of the molecule is O=C(NCC(O)Cc1ccccc1)Nc1ccc(-c2ncco2)cc1. The van der Waals surface area contributed by atoms with Crippen molar-refractivity contribution in [3.63, 3.8) is 0 Å². The molecule has 1 aromatic heterocycles. The van der Waals surface area contributed by atoms with Crippen LogP contribution in [-0.4, -0.2) is 28.8 Å². The average Bonchev–Trinajstić information content (AvgIpc) is 3.16. The van der Waals surface area contributed by atoms with E-state index < -0.39 is 6.10 Å². The molecule has 6 heteroatoms. The van der Waals surface area contributed by atoms with Crippen molar-refractivity contribution in [1.29, 1.82) is 0 Å². The Morgan fingerprint density at radius 2 is 1.88 bits per heavy atom. The van der Waals surface area contributed by atoms with Gasteiger partial charge in [0, 0.05) is 24.2 Å². The Morgan fingerprint density at radius 1 is 1.12 bits per heavy atom. The van der Waals surface area contributed by atoms with Gasteiger partial charge in [-0.25, -0.2) is 9.78 Å². The second-order valence-electron chi connectivity index (χ2n) is 5.59. The molecule has 0 aliphatic heterocycles. The Labute approximate surface area is 145 Å². The van der Waals surface area contributed by atoms with E-state index in [1.165, 1.54) is 6.26 Å². The molecule has 0 aliphatic carbocycles. The minimum absolute atomic E-state index is 0.176. The first-order chi connectivity index (χ1) is 12.2. The molecule has 0 saturated carbocycles. The topological polar surface area (TPSA) is 87.4 Å². The number of amides is 2. The van der Waals surface area contributed by atoms with Crippen LogP contribution in [0.3, 0.4) is 0 Å². The molecule has 6 nitrogen and oxygen atoms in total. The van der Waals surface area contributed by atoms with E-state index in [9.17, 15) is 9.90 Å². The first kappa shape index (κ1) is 16.7. The molecule has 0 spiro atoms. The zero-order valence-corrected chi connectivity index (χ0v) is 13.6. The average molecular weight is 337 g/mol. The van der Waals surface area contributed by atoms with E-state index >= 15 is 0 Å². The van der Waals surface area contributed by atoms with Crippen LogP contribution in [0.5, 0.6) is 0 Å². The Balaban J connectivity index is 1.46. The van der Waals surface area contributed by atoms with Crippen molar-refractivity contribution in [2.75, 3.05) is 11.9 Å². The molecule has 2 aromatic carbocycles. The van der Waals surface area contributed by atoms with Gasteiger partial charge in [-0.1, -0.05) is 30.3 Å². The molecule has 2 amide bonds. The number of rotatable bonds is 6. The van der Waals surface area contributed by atoms with Crippen molar-refractivity contribution in [3.05, 3.63) is 72.6 Å². The van der Waals surface area contributed by atoms with E-state index in [2.05, 4.69) is 15.6 Å². The normalized spacial score (nSPS) is 11.7. The van der Waals surface area contributed by atoms with Crippen molar-refractivity contribution >= 4 is 11.7 Å². The number of benzene rings is 2. The van der Waals surface area contributed by atoms with Gasteiger partial charge >= 0.3 is 6.03 Å². The number of carbonyl (C=O) groups is 1. The Hall–Kier alpha value is -3.12. The van der Waals surface area contributed by atoms with Gasteiger partial charge in [-0.3, -0.25) is 0 Å². The molecule has 3 rings (SSSR count). The van der Waals surface area contributed by atoms with Crippen LogP contribution in [-0.2, 0) is 6.42 Å². The molecule has 0 aliphatic rings. The van der Waals surface area contributed by atoms with E-state index in [-0.39, 0.29) is 12.6 Å². The number of hydrogen-bond acceptors (Lipinski definition) is 4. The molecule has 1 unspecified atom stereocenters. The maximum absolute atomic E-state index is 11.9. The largest absolute Gasteiger partial charge is 0.445 e. The summed E-state index contributed by atoms with van der Waals surface area (Å²) in [4.78, 5) is 16.0. The van der Waals surface area contributed by atoms with Gasteiger partial charge in [0.1, 0.15) is 6.26 Å². The van der Waals surface area contributed by atoms with Crippen LogP contribution >= 0.6 is 0 Å². The highest BCUT2D eigenvalue weighted by molar-refractivity contribution is 5.89. The van der Waals surface area contributed by atoms with Gasteiger partial charge in [0.25, 0.3) is 0 Å². The fourth-order valence-corrected chi connectivity index (χ4v) is 2.41. The molecule has 1 heterocycles. The number of aromatic nitrogens is 1. The van der Waals surface area contributed by atoms with Gasteiger partial charge in [0.15, 0.2) is 0 Å². The highest BCUT2D eigenvalue weighted by Gasteiger charge is 2.09. The predicted octanol–water partition coefficient (Wildman–Crippen LogP) is 3.07. The number of hydrogen-bond donors (Lipinski definition) is 3. The fourth-order valence-electron chi connectivity index (χ4n) is 2.41. The summed E-state index contributed by atoms with van der Waals surface area (Å²) in [5.74, 6) is 0.528. The summed E-state index contributed by atoms with van der Waals surface area (Å²) in [5, 5.41) is 15.4. The van der Waals surface area contributed by atoms with E-state index in [1.54, 1.807) is 18.3 Å². The maximum atomic E-state index is 11.9. The molecular weight excluding hydrogens is 318 g/mol. The number of nitrogens with zero attached hydrogens (tertiary/aromatic N) is 1. The summed E-state index contributed by atoms with van der Waals surface area (Å²) in [5.41, 5.74) is 2.50. The molecule has 0 saturated heterocycles. The first-order valence-corrected chi connectivity index (χ1v) is 7.97. The lowest BCUT2D eigenvalue weighted by Crippen LogP contribution is -2.36. The van der Waals surface area contributed by atoms with Gasteiger partial charge in [0.2, 0.25) is 5.89 Å². The predicted molar refractivity (Wildman–Crippen MR) is 95.1 cm³/mol. The summed E-state index contributed by atoms with van der Waals surface area (Å²) in [7, 11) is 0. The number of aliphatic hydroxyl groups excluding tert-OH is 1. The van der Waals surface area contributed by atoms with Crippen LogP contribution in [0.1, 0.15) is 5.56 Å². The van der Waals surface area contributed by atoms with Crippen molar-refractivity contribution < 1.29 is 14.3 Å². The summed E-state index contributed by atoms with van der Waals surface area (Å²) < 4.78 is 5.22. The number of carbonyl (C=O) groups excluding carboxylic acids is 1. The standard InChI is InChI=1S/C19H19N3O3/c23-17(12-14-4-2-1-3-5-14)13-21-19(24)22-16-8-6-15(7-9-16)18-20-10-11-25-18/h1-11,17,23H,12-13H2,(H2,21,22,24). The Kier molecular flexibility index (Phi) is 5.43. The third-order valence-corrected chi connectivity index (χ3v) is 3.63. The molecule has 0 radical (unpaired) electrons. The lowest BCUT2D eigenvalue weighted by atomic mass is 10.1. The van der Waals surface area contributed by atoms with Crippen LogP contribution in [0.15, 0.2) is 71.5 Å². The van der Waals surface area contributed by atoms with E-state index in [4.69, 9.17) is 4.42 Å². The minimum atomic E-state index is -0.638. The smallest absolute Gasteiger partial charge is 0.319 e. The van der Waals surface area contributed by atoms with Crippen LogP contribution < -0.4 is 10.6 Å². The number of aliphatic hydroxyl groups is 1. The zero-order valence-electron chi connectivity index (χ0n) is 13.6. The summed E-state index contributed by atoms with van der Waals surface area (Å²) in [6.07, 6.45) is 2.94. The van der Waals surface area contributed by atoms with Crippen molar-refractivity contribution in [1.82, 2.24) is 10.3 Å². The van der Waals surface area contributed by atoms with E-state index in [0.717, 1.165) is 11.1 Å². The number of urea groups is 1. The Bertz CT molecular complexity index is 787. The second kappa shape index (κ2) is 8.12. The quantitative estimate of drug-likeness (QED) is 0.645. The lowest BCUT2D eigenvalue weighted by Gasteiger charge is -2.13. The first-order valence-electron chi connectivity index (χ1n) is 7.97. The van der Waals surface area contributed by atoms with E-state index in [1.807, 2.05) is 42.5 Å². The molecule has 3 aromatic rings. The van der Waals surface area contributed by atoms with Gasteiger partial charge in [0.05, 0.1) is 12.3 Å². The monoisotopic (exact) mass is 337 g/mol. The Morgan fingerprint density at radius 3 is 2.56 bits per heavy atom. The highest BCUT2D eigenvalue weighted by atomic mass is 16.3. The van der Waals surface area contributed by atoms with Crippen LogP contribution in [0.4, 0.5) is 10.5 Å². The van der Waals surface area contributed by atoms with Crippen molar-refractivity contribution in [3.8, 4) is 11.5 Å². The maximum Gasteiger partial charge on any atom is 0.319 e. The molecular formula is C19H19N3O3. The lowest BCUT2D eigenvalue weighted by molar-refractivity contribution is 0.172. The second-order valence-corrected chi connectivity index (χ2v) is 5.59. The summed E-state index contributed by atoms with van der Waals surface area (Å²) >= 11 is 0. The molecule has 3 N–H and O–H groups in total. The minimum Gasteiger partial charge on any atom is -0.445 e. The molecule has 1 atom stereocenters. The van der Waals surface area contributed by atoms with Gasteiger partial charge < -0.3 is 20.2 Å². The number of anilines is 1. The molecule has 0 fully saturated rings. The summed E-state index contributed by atoms with van der Waals surface area (Å²) in [6, 6.07) is 16.4. The number of oxazole rings is 1. The molecule has 25 heavy (non-hydrogen) atoms. The van der Waals surface area contributed by atoms with Crippen LogP contribution in [0.2, 0.25) is 0 Å². The fraction of sp³-hybridized carbons (Fsp3) is 0.158. The summed E-state index contributed by atoms with van der Waals surface area (Å²) in [6.45, 7) is 0.176. The van der Waals surface area contributed by atoms with Crippen molar-refractivity contribution in [2.45, 2.75) is 12.5 Å². The van der Waals surface area contributed by atoms with Crippen LogP contribution in [0, 0.1) is 0 Å². The third kappa shape index (κ3) is 4.92. The van der Waals surface area contributed by atoms with Gasteiger partial charge in [-0.15, -0.1) is 0 Å². The van der Waals surface area contributed by atoms with Crippen LogP contribution in [0.25, 0.3) is 11.5 Å². The van der Waals surface area contributed by atoms with Crippen molar-refractivity contribution in [2.24, 2.45) is 0 Å². The third-order valence-electron chi connectivity index (χ3n) is 3.63. The van der Waals surface area contributed by atoms with E-state index in [0.29, 0.717) is 18.0 Å². The zero-order chi connectivity index (χ0) is 17.5. The molecule has 128 valence electrons. The van der Waals surface area contributed by atoms with Gasteiger partial charge in [-0.05, 0) is 29.8 Å². The van der Waals surface area contributed by atoms with Gasteiger partial charge in [-0.2, -0.15) is 0 Å². The highest BCUT2D eigenvalue weighted by Crippen LogP contribution is 2.19. The number of nitrogens with one attached hydrogen (secondary N) is 2.